The van der Waals surface area contributed by atoms with E-state index < -0.39 is 163 Å². The fraction of sp³-hybridized carbons (Fsp3) is 0.357. The van der Waals surface area contributed by atoms with Crippen LogP contribution < -0.4 is 40.4 Å². The Morgan fingerprint density at radius 1 is 0.465 bits per heavy atom. The number of allylic oxidation sites excluding steroid dienone is 1. The molecule has 45 heteroatoms. The first kappa shape index (κ1) is 95.5. The number of imide groups is 3. The molecule has 9 aromatic rings. The Labute approximate surface area is 734 Å². The van der Waals surface area contributed by atoms with E-state index in [0.717, 1.165) is 68.1 Å². The van der Waals surface area contributed by atoms with Gasteiger partial charge in [0, 0.05) is 68.7 Å². The van der Waals surface area contributed by atoms with E-state index in [1.807, 2.05) is 32.1 Å². The topological polar surface area (TPSA) is 440 Å². The fourth-order valence-corrected chi connectivity index (χ4v) is 15.9. The molecule has 37 nitrogen and oxygen atoms in total. The summed E-state index contributed by atoms with van der Waals surface area (Å²) < 4.78 is 152. The van der Waals surface area contributed by atoms with E-state index in [0.29, 0.717) is 38.9 Å². The van der Waals surface area contributed by atoms with Crippen LogP contribution in [0.25, 0.3) is 28.1 Å². The van der Waals surface area contributed by atoms with Crippen molar-refractivity contribution in [2.24, 2.45) is 0 Å². The van der Waals surface area contributed by atoms with E-state index in [9.17, 15) is 95.9 Å². The van der Waals surface area contributed by atoms with Gasteiger partial charge in [-0.3, -0.25) is 38.9 Å². The zero-order chi connectivity index (χ0) is 95.2. The van der Waals surface area contributed by atoms with Crippen molar-refractivity contribution < 1.29 is 115 Å². The highest BCUT2D eigenvalue weighted by Crippen LogP contribution is 2.38. The average Bonchev–Trinajstić information content (AvgIpc) is 1.65. The normalized spacial score (nSPS) is 17.0. The van der Waals surface area contributed by atoms with Gasteiger partial charge in [0.1, 0.15) is 70.1 Å². The Morgan fingerprint density at radius 3 is 1.29 bits per heavy atom. The summed E-state index contributed by atoms with van der Waals surface area (Å²) in [4.78, 5) is 166. The number of carboxylic acids is 1. The number of nitrogens with zero attached hydrogens (tertiary/aromatic N) is 15. The van der Waals surface area contributed by atoms with Crippen LogP contribution in [-0.2, 0) is 72.2 Å². The predicted molar refractivity (Wildman–Crippen MR) is 455 cm³/mol. The molecular formula is C84H90F6N18O19S2. The molecule has 129 heavy (non-hydrogen) atoms. The molecule has 4 saturated heterocycles. The summed E-state index contributed by atoms with van der Waals surface area (Å²) in [6.07, 6.45) is -4.88. The van der Waals surface area contributed by atoms with Crippen LogP contribution in [0.3, 0.4) is 0 Å². The van der Waals surface area contributed by atoms with Gasteiger partial charge in [-0.2, -0.15) is 26.3 Å². The maximum atomic E-state index is 14.0. The van der Waals surface area contributed by atoms with Crippen molar-refractivity contribution >= 4 is 143 Å². The minimum Gasteiger partial charge on any atom is -0.480 e. The van der Waals surface area contributed by atoms with Crippen molar-refractivity contribution in [2.75, 3.05) is 71.8 Å². The lowest BCUT2D eigenvalue weighted by atomic mass is 10.2. The van der Waals surface area contributed by atoms with Crippen molar-refractivity contribution in [3.63, 3.8) is 0 Å². The number of aliphatic carboxylic acids is 1. The van der Waals surface area contributed by atoms with Gasteiger partial charge < -0.3 is 35.3 Å². The van der Waals surface area contributed by atoms with Crippen molar-refractivity contribution in [3.8, 4) is 0 Å². The van der Waals surface area contributed by atoms with Gasteiger partial charge in [-0.05, 0) is 193 Å². The SMILES string of the molecule is CC(C)(C)OC(=O)N1C[C@@H](C(=O)O)NC1=O.Cc1cc(C(F)(F)F)cc(N2C(=O)NC[C@H]2C(=O)N(C)c2ccc3c(n2)CC=C3)n1.Cc1ccc(S(=O)(=O)n2ccc3ccc(N(C)C(=O)[C@@H]4CN(C(=O)OC(C)(C)C)C(=O)N4)nc32)cc1.Cc1ccc(S(=O)(=O)n2ccc3ccc(N(C)C(=O)[C@@H]4CN(C(=O)OC(C)(C)C)C(=O)N4c4cc(C(F)(F)F)cc(C)n4)nc32)cc1. The number of carbonyl (C=O) groups is 11. The standard InChI is InChI=1S/C31H31F3N6O6S.C24H27N5O6S.C20H18F3N5O2.C9H14N2O5/c1-18-7-10-22(11-8-18)47(44,45)39-14-13-20-9-12-24(36-26(20)39)37(6)27(41)23-17-38(29(43)46-30(3,4)5)28(42)40(23)25-16-21(31(32,33)34)15-19(2)35-25;1-15-6-9-17(10-7-15)36(33,34)29-13-12-16-8-11-19(26-20(16)29)27(5)21(30)18-14-28(22(31)25-18)23(32)35-24(2,3)4;1-11-8-13(20(21,22)23)9-17(25-11)28-15(10-24-19(28)30)18(29)27(2)16-7-6-12-4-3-5-14(12)26-16;1-9(2,3)16-8(15)11-4-5(6(12)13)10-7(11)14/h7-16,23H,17H2,1-6H3;6-13,18H,14H2,1-5H3,(H,25,31);3-4,6-9,15H,5,10H2,1-2H3,(H,24,30);5H,4H2,1-3H3,(H,10,14)(H,12,13)/t23-;18-;15-;5-/m0000/s1. The van der Waals surface area contributed by atoms with Gasteiger partial charge in [0.2, 0.25) is 0 Å². The number of pyridine rings is 5. The quantitative estimate of drug-likeness (QED) is 0.0615. The highest BCUT2D eigenvalue weighted by Gasteiger charge is 2.50. The molecule has 1 aliphatic carbocycles. The van der Waals surface area contributed by atoms with Gasteiger partial charge in [0.05, 0.1) is 46.2 Å². The highest BCUT2D eigenvalue weighted by molar-refractivity contribution is 7.90. The number of hydrogen-bond donors (Lipinski definition) is 4. The molecule has 684 valence electrons. The van der Waals surface area contributed by atoms with Gasteiger partial charge in [-0.1, -0.05) is 47.5 Å². The summed E-state index contributed by atoms with van der Waals surface area (Å²) in [6, 6.07) is 20.7. The third-order valence-electron chi connectivity index (χ3n) is 19.7. The number of ether oxygens (including phenoxy) is 3. The van der Waals surface area contributed by atoms with Crippen LogP contribution in [0.5, 0.6) is 0 Å². The third kappa shape index (κ3) is 21.6. The third-order valence-corrected chi connectivity index (χ3v) is 23.1. The van der Waals surface area contributed by atoms with Gasteiger partial charge >= 0.3 is 60.7 Å². The van der Waals surface area contributed by atoms with E-state index in [4.69, 9.17) is 19.3 Å². The maximum Gasteiger partial charge on any atom is 0.418 e. The molecule has 2 aromatic carbocycles. The summed E-state index contributed by atoms with van der Waals surface area (Å²) in [6.45, 7) is 20.0. The van der Waals surface area contributed by atoms with Crippen LogP contribution in [0.2, 0.25) is 0 Å². The number of carbonyl (C=O) groups excluding carboxylic acids is 10. The number of anilines is 5. The van der Waals surface area contributed by atoms with E-state index in [2.05, 4.69) is 40.9 Å². The summed E-state index contributed by atoms with van der Waals surface area (Å²) in [5, 5.41) is 16.8. The molecule has 0 radical (unpaired) electrons. The Kier molecular flexibility index (Phi) is 26.9. The fourth-order valence-electron chi connectivity index (χ4n) is 13.3. The van der Waals surface area contributed by atoms with Crippen LogP contribution in [0.15, 0.2) is 150 Å². The van der Waals surface area contributed by atoms with Crippen LogP contribution in [-0.4, -0.2) is 224 Å². The number of rotatable bonds is 13. The minimum atomic E-state index is -4.79. The molecule has 0 spiro atoms. The second-order valence-electron chi connectivity index (χ2n) is 33.1. The molecular weight excluding hydrogens is 1740 g/mol. The zero-order valence-electron chi connectivity index (χ0n) is 72.3. The lowest BCUT2D eigenvalue weighted by molar-refractivity contribution is -0.139. The Balaban J connectivity index is 0.000000176. The number of carboxylic acid groups (broad SMARTS) is 1. The largest absolute Gasteiger partial charge is 0.480 e. The van der Waals surface area contributed by atoms with Crippen LogP contribution >= 0.6 is 0 Å². The number of likely N-dealkylation sites (N-methyl/N-ethyl adjacent to an activating group) is 3. The summed E-state index contributed by atoms with van der Waals surface area (Å²) in [7, 11) is -3.72. The first-order valence-electron chi connectivity index (χ1n) is 39.4. The molecule has 4 N–H and O–H groups in total. The lowest BCUT2D eigenvalue weighted by Crippen LogP contribution is -2.47. The van der Waals surface area contributed by atoms with Gasteiger partial charge in [0.15, 0.2) is 11.3 Å². The van der Waals surface area contributed by atoms with E-state index in [1.54, 1.807) is 117 Å². The average molecular weight is 1830 g/mol. The second-order valence-corrected chi connectivity index (χ2v) is 36.7. The minimum absolute atomic E-state index is 0.00707. The number of aromatic nitrogens is 7. The number of alkyl halides is 6. The van der Waals surface area contributed by atoms with Gasteiger partial charge in [0.25, 0.3) is 37.8 Å². The molecule has 7 aromatic heterocycles. The maximum absolute atomic E-state index is 14.0. The van der Waals surface area contributed by atoms with E-state index in [-0.39, 0.29) is 69.6 Å². The Bertz CT molecular complexity index is 6250. The number of fused-ring (bicyclic) bond motifs is 3. The summed E-state index contributed by atoms with van der Waals surface area (Å²) in [5.41, 5.74) is -0.830. The number of nitrogens with one attached hydrogen (secondary N) is 3. The molecule has 4 fully saturated rings. The van der Waals surface area contributed by atoms with Crippen LogP contribution in [0, 0.1) is 27.7 Å². The van der Waals surface area contributed by atoms with E-state index >= 15 is 0 Å². The number of aryl methyl sites for hydroxylation is 4. The number of amides is 14. The molecule has 5 aliphatic rings. The number of benzene rings is 2. The molecule has 4 aliphatic heterocycles. The molecule has 0 saturated carbocycles. The summed E-state index contributed by atoms with van der Waals surface area (Å²) in [5.74, 6) is -3.21. The van der Waals surface area contributed by atoms with Crippen molar-refractivity contribution in [2.45, 2.75) is 160 Å². The van der Waals surface area contributed by atoms with Crippen molar-refractivity contribution in [3.05, 3.63) is 185 Å². The molecule has 14 amide bonds. The Hall–Kier alpha value is -14.1. The Morgan fingerprint density at radius 2 is 0.860 bits per heavy atom. The monoisotopic (exact) mass is 1830 g/mol. The highest BCUT2D eigenvalue weighted by atomic mass is 32.2. The predicted octanol–water partition coefficient (Wildman–Crippen LogP) is 11.7. The number of hydrogen-bond acceptors (Lipinski definition) is 23. The molecule has 4 atom stereocenters. The lowest BCUT2D eigenvalue weighted by Gasteiger charge is -2.26. The number of urea groups is 4. The number of halogens is 6. The van der Waals surface area contributed by atoms with Gasteiger partial charge in [-0.15, -0.1) is 0 Å². The molecule has 0 bridgehead atoms. The smallest absolute Gasteiger partial charge is 0.418 e. The molecule has 0 unspecified atom stereocenters. The first-order valence-corrected chi connectivity index (χ1v) is 42.3. The van der Waals surface area contributed by atoms with Gasteiger partial charge in [-0.25, -0.2) is 103 Å². The zero-order valence-corrected chi connectivity index (χ0v) is 73.9. The van der Waals surface area contributed by atoms with Crippen molar-refractivity contribution in [1.82, 2.24) is 63.5 Å². The second kappa shape index (κ2) is 36.3. The summed E-state index contributed by atoms with van der Waals surface area (Å²) >= 11 is 0. The molecule has 11 heterocycles. The first-order chi connectivity index (χ1) is 59.9. The molecule has 14 rings (SSSR count). The van der Waals surface area contributed by atoms with Crippen molar-refractivity contribution in [1.29, 1.82) is 0 Å². The van der Waals surface area contributed by atoms with E-state index in [1.165, 1.54) is 93.6 Å². The van der Waals surface area contributed by atoms with Crippen LogP contribution in [0.1, 0.15) is 107 Å². The van der Waals surface area contributed by atoms with Crippen LogP contribution in [0.4, 0.5) is 89.0 Å².